The molecule has 3 heteroatoms. The van der Waals surface area contributed by atoms with Crippen molar-refractivity contribution >= 4 is 8.07 Å². The van der Waals surface area contributed by atoms with Gasteiger partial charge in [0.2, 0.25) is 0 Å². The van der Waals surface area contributed by atoms with E-state index in [0.29, 0.717) is 11.8 Å². The van der Waals surface area contributed by atoms with Crippen molar-refractivity contribution in [3.05, 3.63) is 12.2 Å². The van der Waals surface area contributed by atoms with Crippen LogP contribution in [0.15, 0.2) is 12.2 Å². The molecule has 2 nitrogen and oxygen atoms in total. The number of allylic oxidation sites excluding steroid dienone is 2. The van der Waals surface area contributed by atoms with Gasteiger partial charge in [-0.2, -0.15) is 0 Å². The average Bonchev–Trinajstić information content (AvgIpc) is 2.93. The lowest BCUT2D eigenvalue weighted by Gasteiger charge is -2.31. The molecule has 0 heterocycles. The topological polar surface area (TPSA) is 40.5 Å². The molecule has 0 aromatic carbocycles. The van der Waals surface area contributed by atoms with Crippen LogP contribution in [0.4, 0.5) is 0 Å². The lowest BCUT2D eigenvalue weighted by Crippen LogP contribution is -2.37. The molecule has 2 rings (SSSR count). The fraction of sp³-hybridized carbons (Fsp3) is 0.625. The van der Waals surface area contributed by atoms with Gasteiger partial charge in [0.25, 0.3) is 0 Å². The molecule has 3 unspecified atom stereocenters. The van der Waals surface area contributed by atoms with Gasteiger partial charge >= 0.3 is 0 Å². The van der Waals surface area contributed by atoms with Gasteiger partial charge in [-0.3, -0.25) is 0 Å². The highest BCUT2D eigenvalue weighted by atomic mass is 28.3. The third-order valence-electron chi connectivity index (χ3n) is 4.08. The molecule has 2 aliphatic carbocycles. The number of aliphatic hydroxyl groups excluding tert-OH is 2. The van der Waals surface area contributed by atoms with Gasteiger partial charge in [0.1, 0.15) is 20.3 Å². The predicted molar refractivity (Wildman–Crippen MR) is 79.7 cm³/mol. The van der Waals surface area contributed by atoms with E-state index < -0.39 is 20.3 Å². The Bertz CT molecular complexity index is 472. The Morgan fingerprint density at radius 3 is 2.11 bits per heavy atom. The maximum Gasteiger partial charge on any atom is 0.129 e. The first-order valence-electron chi connectivity index (χ1n) is 6.87. The second kappa shape index (κ2) is 5.17. The minimum atomic E-state index is -1.49. The number of terminal acetylenes is 1. The zero-order chi connectivity index (χ0) is 14.2. The number of fused-ring (bicyclic) bond motifs is 2. The van der Waals surface area contributed by atoms with Crippen LogP contribution in [0.25, 0.3) is 0 Å². The first kappa shape index (κ1) is 14.4. The maximum absolute atomic E-state index is 10.4. The Hall–Kier alpha value is -1.00. The van der Waals surface area contributed by atoms with Crippen molar-refractivity contribution < 1.29 is 10.2 Å². The summed E-state index contributed by atoms with van der Waals surface area (Å²) in [4.78, 5) is 0. The zero-order valence-corrected chi connectivity index (χ0v) is 12.8. The summed E-state index contributed by atoms with van der Waals surface area (Å²) in [6, 6.07) is 0. The molecule has 2 bridgehead atoms. The Kier molecular flexibility index (Phi) is 3.92. The Balaban J connectivity index is 2.20. The molecular formula is C16H22O2Si. The van der Waals surface area contributed by atoms with E-state index in [9.17, 15) is 10.2 Å². The Morgan fingerprint density at radius 2 is 1.63 bits per heavy atom. The van der Waals surface area contributed by atoms with Crippen LogP contribution in [0.3, 0.4) is 0 Å². The van der Waals surface area contributed by atoms with Crippen LogP contribution in [0.5, 0.6) is 0 Å². The fourth-order valence-corrected chi connectivity index (χ4v) is 3.87. The second-order valence-corrected chi connectivity index (χ2v) is 11.4. The normalized spacial score (nSPS) is 35.4. The summed E-state index contributed by atoms with van der Waals surface area (Å²) in [7, 11) is -1.49. The van der Waals surface area contributed by atoms with E-state index in [0.717, 1.165) is 6.42 Å². The highest BCUT2D eigenvalue weighted by Gasteiger charge is 2.49. The SMILES string of the molecule is C#CC(O)C1[C@H](C(O)C#C[Si](C)(C)C)[C@@H]2C=C[C@H]1C2. The van der Waals surface area contributed by atoms with Gasteiger partial charge in [0, 0.05) is 11.8 Å². The first-order chi connectivity index (χ1) is 8.83. The summed E-state index contributed by atoms with van der Waals surface area (Å²) in [5.41, 5.74) is 3.22. The highest BCUT2D eigenvalue weighted by Crippen LogP contribution is 2.50. The Morgan fingerprint density at radius 1 is 1.11 bits per heavy atom. The summed E-state index contributed by atoms with van der Waals surface area (Å²) >= 11 is 0. The van der Waals surface area contributed by atoms with Crippen molar-refractivity contribution in [3.8, 4) is 23.8 Å². The smallest absolute Gasteiger partial charge is 0.129 e. The molecule has 2 aliphatic rings. The molecule has 0 aromatic rings. The first-order valence-corrected chi connectivity index (χ1v) is 10.4. The average molecular weight is 274 g/mol. The van der Waals surface area contributed by atoms with Gasteiger partial charge in [-0.1, -0.05) is 43.6 Å². The summed E-state index contributed by atoms with van der Waals surface area (Å²) < 4.78 is 0. The molecule has 102 valence electrons. The van der Waals surface area contributed by atoms with Crippen molar-refractivity contribution in [3.63, 3.8) is 0 Å². The third kappa shape index (κ3) is 2.95. The minimum Gasteiger partial charge on any atom is -0.380 e. The molecule has 1 fully saturated rings. The van der Waals surface area contributed by atoms with Gasteiger partial charge in [-0.15, -0.1) is 12.0 Å². The summed E-state index contributed by atoms with van der Waals surface area (Å²) in [5, 5.41) is 20.4. The molecule has 6 atom stereocenters. The lowest BCUT2D eigenvalue weighted by atomic mass is 9.77. The monoisotopic (exact) mass is 274 g/mol. The van der Waals surface area contributed by atoms with Crippen molar-refractivity contribution in [1.29, 1.82) is 0 Å². The van der Waals surface area contributed by atoms with Crippen molar-refractivity contribution in [2.24, 2.45) is 23.7 Å². The number of hydrogen-bond acceptors (Lipinski definition) is 2. The van der Waals surface area contributed by atoms with E-state index in [2.05, 4.69) is 49.2 Å². The molecule has 0 aliphatic heterocycles. The van der Waals surface area contributed by atoms with Gasteiger partial charge in [-0.25, -0.2) is 0 Å². The van der Waals surface area contributed by atoms with Crippen molar-refractivity contribution in [1.82, 2.24) is 0 Å². The second-order valence-electron chi connectivity index (χ2n) is 6.68. The molecule has 19 heavy (non-hydrogen) atoms. The number of rotatable bonds is 2. The standard InChI is InChI=1S/C16H22O2Si/c1-5-13(17)15-11-6-7-12(10-11)16(15)14(18)8-9-19(2,3)4/h1,6-7,11-18H,10H2,2-4H3/t11-,12+,13?,14?,15?,16-/m0/s1. The summed E-state index contributed by atoms with van der Waals surface area (Å²) in [6.45, 7) is 6.46. The quantitative estimate of drug-likeness (QED) is 0.457. The molecule has 1 saturated carbocycles. The highest BCUT2D eigenvalue weighted by molar-refractivity contribution is 6.83. The predicted octanol–water partition coefficient (Wildman–Crippen LogP) is 1.66. The largest absolute Gasteiger partial charge is 0.380 e. The van der Waals surface area contributed by atoms with Crippen LogP contribution >= 0.6 is 0 Å². The molecular weight excluding hydrogens is 252 g/mol. The molecule has 2 N–H and O–H groups in total. The van der Waals surface area contributed by atoms with E-state index in [4.69, 9.17) is 6.42 Å². The zero-order valence-electron chi connectivity index (χ0n) is 11.8. The summed E-state index contributed by atoms with van der Waals surface area (Å²) in [5.74, 6) is 5.96. The van der Waals surface area contributed by atoms with Gasteiger partial charge in [0.15, 0.2) is 0 Å². The van der Waals surface area contributed by atoms with Gasteiger partial charge in [0.05, 0.1) is 0 Å². The van der Waals surface area contributed by atoms with E-state index in [1.54, 1.807) is 0 Å². The van der Waals surface area contributed by atoms with E-state index >= 15 is 0 Å². The minimum absolute atomic E-state index is 0.0232. The van der Waals surface area contributed by atoms with Crippen LogP contribution in [0.1, 0.15) is 6.42 Å². The fourth-order valence-electron chi connectivity index (χ4n) is 3.29. The molecule has 0 amide bonds. The molecule has 0 spiro atoms. The summed E-state index contributed by atoms with van der Waals surface area (Å²) in [6.07, 6.45) is 9.15. The van der Waals surface area contributed by atoms with Gasteiger partial charge < -0.3 is 10.2 Å². The van der Waals surface area contributed by atoms with Crippen LogP contribution in [-0.4, -0.2) is 30.5 Å². The third-order valence-corrected chi connectivity index (χ3v) is 4.97. The van der Waals surface area contributed by atoms with Crippen LogP contribution in [-0.2, 0) is 0 Å². The van der Waals surface area contributed by atoms with E-state index in [1.165, 1.54) is 0 Å². The van der Waals surface area contributed by atoms with Crippen molar-refractivity contribution in [2.75, 3.05) is 0 Å². The van der Waals surface area contributed by atoms with E-state index in [1.807, 2.05) is 0 Å². The molecule has 0 saturated heterocycles. The van der Waals surface area contributed by atoms with Crippen LogP contribution in [0.2, 0.25) is 19.6 Å². The number of hydrogen-bond donors (Lipinski definition) is 2. The molecule has 0 radical (unpaired) electrons. The van der Waals surface area contributed by atoms with Crippen LogP contribution in [0, 0.1) is 47.5 Å². The Labute approximate surface area is 116 Å². The maximum atomic E-state index is 10.4. The molecule has 0 aromatic heterocycles. The number of aliphatic hydroxyl groups is 2. The lowest BCUT2D eigenvalue weighted by molar-refractivity contribution is 0.0499. The van der Waals surface area contributed by atoms with Crippen LogP contribution < -0.4 is 0 Å². The van der Waals surface area contributed by atoms with Crippen molar-refractivity contribution in [2.45, 2.75) is 38.3 Å². The van der Waals surface area contributed by atoms with Gasteiger partial charge in [-0.05, 0) is 18.3 Å². The van der Waals surface area contributed by atoms with E-state index in [-0.39, 0.29) is 11.8 Å².